The third-order valence-corrected chi connectivity index (χ3v) is 5.47. The topological polar surface area (TPSA) is 90.9 Å². The first-order chi connectivity index (χ1) is 15.2. The van der Waals surface area contributed by atoms with E-state index >= 15 is 0 Å². The molecule has 1 amide bonds. The van der Waals surface area contributed by atoms with Gasteiger partial charge in [0.05, 0.1) is 17.2 Å². The first-order valence-corrected chi connectivity index (χ1v) is 11.6. The lowest BCUT2D eigenvalue weighted by atomic mass is 10.1. The van der Waals surface area contributed by atoms with E-state index in [1.165, 1.54) is 48.5 Å². The molecule has 0 fully saturated rings. The van der Waals surface area contributed by atoms with E-state index in [1.54, 1.807) is 26.0 Å². The summed E-state index contributed by atoms with van der Waals surface area (Å²) < 4.78 is 54.0. The number of amides is 1. The molecule has 32 heavy (non-hydrogen) atoms. The largest absolute Gasteiger partial charge is 0.453 e. The van der Waals surface area contributed by atoms with Gasteiger partial charge in [0.1, 0.15) is 5.75 Å². The van der Waals surface area contributed by atoms with Crippen molar-refractivity contribution in [1.82, 2.24) is 0 Å². The number of rotatable bonds is 7. The number of halogens is 1. The average molecular weight is 459 g/mol. The number of para-hydroxylation sites is 1. The van der Waals surface area contributed by atoms with Crippen molar-refractivity contribution in [1.29, 1.82) is 0 Å². The predicted octanol–water partition coefficient (Wildman–Crippen LogP) is 5.69. The second kappa shape index (κ2) is 9.69. The lowest BCUT2D eigenvalue weighted by molar-refractivity contribution is 0.168. The summed E-state index contributed by atoms with van der Waals surface area (Å²) in [4.78, 5) is 12.0. The van der Waals surface area contributed by atoms with Crippen molar-refractivity contribution in [3.05, 3.63) is 72.0 Å². The van der Waals surface area contributed by atoms with Gasteiger partial charge in [-0.15, -0.1) is 0 Å². The molecule has 3 aromatic rings. The fourth-order valence-electron chi connectivity index (χ4n) is 2.76. The van der Waals surface area contributed by atoms with E-state index in [1.807, 2.05) is 0 Å². The maximum atomic E-state index is 14.2. The van der Waals surface area contributed by atoms with E-state index in [9.17, 15) is 17.6 Å². The number of anilines is 1. The number of nitrogens with one attached hydrogen (secondary N) is 1. The molecule has 3 aromatic carbocycles. The quantitative estimate of drug-likeness (QED) is 0.488. The summed E-state index contributed by atoms with van der Waals surface area (Å²) in [6.45, 7) is 3.63. The molecule has 0 aromatic heterocycles. The molecular weight excluding hydrogens is 437 g/mol. The molecular formula is C23H22FNO6S. The van der Waals surface area contributed by atoms with Gasteiger partial charge in [0, 0.05) is 12.3 Å². The number of aryl methyl sites for hydroxylation is 1. The van der Waals surface area contributed by atoms with Gasteiger partial charge in [-0.25, -0.2) is 17.6 Å². The molecule has 168 valence electrons. The number of ether oxygens (including phenoxy) is 3. The Kier molecular flexibility index (Phi) is 6.99. The van der Waals surface area contributed by atoms with Crippen LogP contribution in [0.3, 0.4) is 0 Å². The van der Waals surface area contributed by atoms with Crippen molar-refractivity contribution < 1.29 is 31.8 Å². The van der Waals surface area contributed by atoms with Crippen LogP contribution in [0.25, 0.3) is 0 Å². The number of carbonyl (C=O) groups excluding carboxylic acids is 1. The highest BCUT2D eigenvalue weighted by molar-refractivity contribution is 7.90. The number of hydrogen-bond donors (Lipinski definition) is 1. The van der Waals surface area contributed by atoms with Crippen LogP contribution in [-0.4, -0.2) is 27.4 Å². The van der Waals surface area contributed by atoms with Gasteiger partial charge in [0.15, 0.2) is 32.9 Å². The van der Waals surface area contributed by atoms with Crippen LogP contribution in [0, 0.1) is 12.7 Å². The highest BCUT2D eigenvalue weighted by Gasteiger charge is 2.16. The van der Waals surface area contributed by atoms with Crippen LogP contribution in [0.1, 0.15) is 12.5 Å². The second-order valence-electron chi connectivity index (χ2n) is 6.84. The fraction of sp³-hybridized carbons (Fsp3) is 0.174. The van der Waals surface area contributed by atoms with Gasteiger partial charge >= 0.3 is 6.09 Å². The Balaban J connectivity index is 1.98. The monoisotopic (exact) mass is 459 g/mol. The van der Waals surface area contributed by atoms with Crippen molar-refractivity contribution in [2.45, 2.75) is 18.7 Å². The van der Waals surface area contributed by atoms with E-state index in [0.717, 1.165) is 6.26 Å². The van der Waals surface area contributed by atoms with E-state index in [-0.39, 0.29) is 28.8 Å². The lowest BCUT2D eigenvalue weighted by Crippen LogP contribution is -2.14. The van der Waals surface area contributed by atoms with Crippen molar-refractivity contribution >= 4 is 21.6 Å². The van der Waals surface area contributed by atoms with Crippen LogP contribution in [0.15, 0.2) is 65.6 Å². The maximum absolute atomic E-state index is 14.2. The van der Waals surface area contributed by atoms with Crippen molar-refractivity contribution in [3.8, 4) is 23.0 Å². The molecule has 0 aliphatic heterocycles. The highest BCUT2D eigenvalue weighted by Crippen LogP contribution is 2.39. The number of benzene rings is 3. The fourth-order valence-corrected chi connectivity index (χ4v) is 3.39. The van der Waals surface area contributed by atoms with Gasteiger partial charge in [-0.3, -0.25) is 5.32 Å². The Bertz CT molecular complexity index is 1230. The zero-order valence-electron chi connectivity index (χ0n) is 17.7. The minimum absolute atomic E-state index is 0.0317. The van der Waals surface area contributed by atoms with E-state index < -0.39 is 21.7 Å². The van der Waals surface area contributed by atoms with E-state index in [2.05, 4.69) is 5.32 Å². The van der Waals surface area contributed by atoms with Crippen molar-refractivity contribution in [2.75, 3.05) is 18.2 Å². The van der Waals surface area contributed by atoms with Gasteiger partial charge in [-0.05, 0) is 61.9 Å². The minimum atomic E-state index is -3.35. The smallest absolute Gasteiger partial charge is 0.411 e. The van der Waals surface area contributed by atoms with Gasteiger partial charge in [-0.2, -0.15) is 0 Å². The van der Waals surface area contributed by atoms with Crippen LogP contribution in [0.2, 0.25) is 0 Å². The average Bonchev–Trinajstić information content (AvgIpc) is 2.73. The summed E-state index contributed by atoms with van der Waals surface area (Å²) in [5.74, 6) is 0.125. The molecule has 0 bridgehead atoms. The first-order valence-electron chi connectivity index (χ1n) is 9.66. The maximum Gasteiger partial charge on any atom is 0.411 e. The molecule has 0 saturated carbocycles. The van der Waals surface area contributed by atoms with Crippen LogP contribution in [-0.2, 0) is 14.6 Å². The van der Waals surface area contributed by atoms with Crippen LogP contribution < -0.4 is 14.8 Å². The summed E-state index contributed by atoms with van der Waals surface area (Å²) in [5.41, 5.74) is 1.04. The molecule has 0 unspecified atom stereocenters. The summed E-state index contributed by atoms with van der Waals surface area (Å²) in [5, 5.41) is 2.61. The first kappa shape index (κ1) is 23.1. The van der Waals surface area contributed by atoms with Gasteiger partial charge in [-0.1, -0.05) is 12.1 Å². The molecule has 1 N–H and O–H groups in total. The molecule has 3 rings (SSSR count). The highest BCUT2D eigenvalue weighted by atomic mass is 32.2. The molecule has 0 aliphatic rings. The summed E-state index contributed by atoms with van der Waals surface area (Å²) in [6, 6.07) is 14.8. The number of sulfone groups is 1. The normalized spacial score (nSPS) is 11.0. The molecule has 0 saturated heterocycles. The van der Waals surface area contributed by atoms with Gasteiger partial charge in [0.2, 0.25) is 0 Å². The molecule has 7 nitrogen and oxygen atoms in total. The zero-order chi connectivity index (χ0) is 23.3. The Morgan fingerprint density at radius 1 is 0.969 bits per heavy atom. The number of hydrogen-bond acceptors (Lipinski definition) is 6. The Labute approximate surface area is 185 Å². The Morgan fingerprint density at radius 2 is 1.62 bits per heavy atom. The molecule has 0 radical (unpaired) electrons. The number of carbonyl (C=O) groups is 1. The predicted molar refractivity (Wildman–Crippen MR) is 118 cm³/mol. The minimum Gasteiger partial charge on any atom is -0.453 e. The third-order valence-electron chi connectivity index (χ3n) is 4.34. The van der Waals surface area contributed by atoms with Crippen LogP contribution in [0.4, 0.5) is 14.9 Å². The molecule has 0 aliphatic carbocycles. The molecule has 0 atom stereocenters. The van der Waals surface area contributed by atoms with E-state index in [4.69, 9.17) is 14.2 Å². The Hall–Kier alpha value is -3.59. The van der Waals surface area contributed by atoms with Crippen LogP contribution in [0.5, 0.6) is 23.0 Å². The molecule has 0 spiro atoms. The molecule has 0 heterocycles. The summed E-state index contributed by atoms with van der Waals surface area (Å²) in [6.07, 6.45) is 0.472. The standard InChI is InChI=1S/C23H22FNO6S/c1-4-29-23(26)25-19-14-22(31-20-8-6-5-7-18(20)24)21(13-15(19)2)30-16-9-11-17(12-10-16)32(3,27)28/h5-14H,4H2,1-3H3,(H,25,26). The summed E-state index contributed by atoms with van der Waals surface area (Å²) >= 11 is 0. The zero-order valence-corrected chi connectivity index (χ0v) is 18.5. The van der Waals surface area contributed by atoms with Gasteiger partial charge in [0.25, 0.3) is 0 Å². The Morgan fingerprint density at radius 3 is 2.25 bits per heavy atom. The van der Waals surface area contributed by atoms with Crippen molar-refractivity contribution in [3.63, 3.8) is 0 Å². The SMILES string of the molecule is CCOC(=O)Nc1cc(Oc2ccccc2F)c(Oc2ccc(S(C)(=O)=O)cc2)cc1C. The third kappa shape index (κ3) is 5.76. The molecule has 9 heteroatoms. The van der Waals surface area contributed by atoms with Gasteiger partial charge < -0.3 is 14.2 Å². The lowest BCUT2D eigenvalue weighted by Gasteiger charge is -2.17. The van der Waals surface area contributed by atoms with Crippen molar-refractivity contribution in [2.24, 2.45) is 0 Å². The summed E-state index contributed by atoms with van der Waals surface area (Å²) in [7, 11) is -3.35. The van der Waals surface area contributed by atoms with Crippen LogP contribution >= 0.6 is 0 Å². The van der Waals surface area contributed by atoms with E-state index in [0.29, 0.717) is 17.0 Å². The second-order valence-corrected chi connectivity index (χ2v) is 8.85.